The van der Waals surface area contributed by atoms with E-state index in [1.54, 1.807) is 5.57 Å². The molecule has 0 aromatic heterocycles. The highest BCUT2D eigenvalue weighted by atomic mass is 28.3. The smallest absolute Gasteiger partial charge is 0.207 e. The number of rotatable bonds is 3. The minimum atomic E-state index is -1.31. The van der Waals surface area contributed by atoms with Crippen LogP contribution in [0.2, 0.25) is 19.6 Å². The summed E-state index contributed by atoms with van der Waals surface area (Å²) in [7, 11) is 0.983. The Morgan fingerprint density at radius 2 is 1.68 bits per heavy atom. The molecule has 1 aromatic carbocycles. The Morgan fingerprint density at radius 3 is 2.18 bits per heavy atom. The van der Waals surface area contributed by atoms with Crippen LogP contribution in [0, 0.1) is 12.3 Å². The molecule has 120 valence electrons. The molecule has 1 atom stereocenters. The summed E-state index contributed by atoms with van der Waals surface area (Å²) in [6.45, 7) is 16.7. The maximum Gasteiger partial charge on any atom is 0.207 e. The fraction of sp³-hybridized carbons (Fsp3) is 0.550. The zero-order valence-electron chi connectivity index (χ0n) is 15.6. The van der Waals surface area contributed by atoms with Crippen molar-refractivity contribution in [2.45, 2.75) is 59.4 Å². The Bertz CT molecular complexity index is 624. The van der Waals surface area contributed by atoms with E-state index in [1.807, 2.05) is 0 Å². The molecule has 1 aliphatic rings. The van der Waals surface area contributed by atoms with Gasteiger partial charge in [-0.05, 0) is 36.0 Å². The summed E-state index contributed by atoms with van der Waals surface area (Å²) in [6, 6.07) is 8.76. The summed E-state index contributed by atoms with van der Waals surface area (Å²) >= 11 is 0. The van der Waals surface area contributed by atoms with E-state index < -0.39 is 8.07 Å². The van der Waals surface area contributed by atoms with Gasteiger partial charge in [0, 0.05) is 11.6 Å². The first-order valence-corrected chi connectivity index (χ1v) is 11.9. The lowest BCUT2D eigenvalue weighted by Gasteiger charge is -2.28. The van der Waals surface area contributed by atoms with Gasteiger partial charge in [0.05, 0.1) is 0 Å². The number of likely N-dealkylation sites (N-methyl/N-ethyl adjacent to an activating group) is 1. The van der Waals surface area contributed by atoms with Crippen LogP contribution in [-0.2, 0) is 0 Å². The van der Waals surface area contributed by atoms with E-state index in [-0.39, 0.29) is 0 Å². The molecule has 0 saturated heterocycles. The van der Waals surface area contributed by atoms with Crippen molar-refractivity contribution in [3.8, 4) is 0 Å². The average Bonchev–Trinajstić information content (AvgIpc) is 2.63. The van der Waals surface area contributed by atoms with Crippen molar-refractivity contribution in [2.24, 2.45) is 5.41 Å². The van der Waals surface area contributed by atoms with E-state index in [4.69, 9.17) is 0 Å². The van der Waals surface area contributed by atoms with E-state index in [9.17, 15) is 0 Å². The molecule has 0 spiro atoms. The van der Waals surface area contributed by atoms with Gasteiger partial charge in [-0.15, -0.1) is 0 Å². The molecule has 1 nitrogen and oxygen atoms in total. The first-order valence-electron chi connectivity index (χ1n) is 8.37. The SMILES string of the molecule is Cc1ccccc1C1=[N+](C)C([Si](C)(C)C)C(CC(C)(C)C)=C1. The van der Waals surface area contributed by atoms with Gasteiger partial charge in [-0.3, -0.25) is 0 Å². The molecule has 2 heteroatoms. The number of hydrogen-bond donors (Lipinski definition) is 0. The Balaban J connectivity index is 2.53. The average molecular weight is 315 g/mol. The molecular formula is C20H32NSi+. The van der Waals surface area contributed by atoms with Crippen molar-refractivity contribution >= 4 is 13.8 Å². The van der Waals surface area contributed by atoms with Crippen LogP contribution in [0.4, 0.5) is 0 Å². The first kappa shape index (κ1) is 17.2. The lowest BCUT2D eigenvalue weighted by molar-refractivity contribution is -0.504. The van der Waals surface area contributed by atoms with Crippen LogP contribution < -0.4 is 0 Å². The van der Waals surface area contributed by atoms with Gasteiger partial charge in [0.2, 0.25) is 5.71 Å². The molecular weight excluding hydrogens is 282 g/mol. The van der Waals surface area contributed by atoms with Crippen LogP contribution >= 0.6 is 0 Å². The second-order valence-electron chi connectivity index (χ2n) is 9.04. The third kappa shape index (κ3) is 3.60. The molecule has 0 radical (unpaired) electrons. The van der Waals surface area contributed by atoms with Crippen molar-refractivity contribution < 1.29 is 4.58 Å². The van der Waals surface area contributed by atoms with Gasteiger partial charge >= 0.3 is 0 Å². The van der Waals surface area contributed by atoms with Crippen molar-refractivity contribution in [2.75, 3.05) is 7.05 Å². The minimum Gasteiger partial charge on any atom is -0.230 e. The predicted octanol–water partition coefficient (Wildman–Crippen LogP) is 5.05. The zero-order valence-corrected chi connectivity index (χ0v) is 16.6. The number of benzene rings is 1. The minimum absolute atomic E-state index is 0.339. The number of aryl methyl sites for hydroxylation is 1. The maximum absolute atomic E-state index is 2.55. The molecule has 0 N–H and O–H groups in total. The summed E-state index contributed by atoms with van der Waals surface area (Å²) < 4.78 is 2.55. The lowest BCUT2D eigenvalue weighted by Crippen LogP contribution is -2.46. The van der Waals surface area contributed by atoms with Crippen LogP contribution in [0.5, 0.6) is 0 Å². The molecule has 22 heavy (non-hydrogen) atoms. The first-order chi connectivity index (χ1) is 10.0. The van der Waals surface area contributed by atoms with Crippen molar-refractivity contribution in [1.82, 2.24) is 0 Å². The maximum atomic E-state index is 2.55. The Morgan fingerprint density at radius 1 is 1.09 bits per heavy atom. The second-order valence-corrected chi connectivity index (χ2v) is 14.3. The lowest BCUT2D eigenvalue weighted by atomic mass is 9.87. The molecule has 0 saturated carbocycles. The van der Waals surface area contributed by atoms with Crippen LogP contribution in [-0.4, -0.2) is 31.1 Å². The Kier molecular flexibility index (Phi) is 4.54. The van der Waals surface area contributed by atoms with Gasteiger partial charge in [0.15, 0.2) is 5.67 Å². The normalized spacial score (nSPS) is 19.6. The zero-order chi connectivity index (χ0) is 16.7. The van der Waals surface area contributed by atoms with Crippen molar-refractivity contribution in [3.05, 3.63) is 47.0 Å². The van der Waals surface area contributed by atoms with Gasteiger partial charge in [-0.25, -0.2) is 4.58 Å². The van der Waals surface area contributed by atoms with Gasteiger partial charge in [0.1, 0.15) is 15.1 Å². The molecule has 0 bridgehead atoms. The molecule has 1 unspecified atom stereocenters. The summed E-state index contributed by atoms with van der Waals surface area (Å²) in [5.41, 5.74) is 6.74. The van der Waals surface area contributed by atoms with Gasteiger partial charge in [-0.1, -0.05) is 58.6 Å². The van der Waals surface area contributed by atoms with Crippen LogP contribution in [0.15, 0.2) is 35.9 Å². The number of hydrogen-bond acceptors (Lipinski definition) is 0. The van der Waals surface area contributed by atoms with E-state index in [0.717, 1.165) is 0 Å². The van der Waals surface area contributed by atoms with E-state index in [0.29, 0.717) is 11.1 Å². The van der Waals surface area contributed by atoms with Gasteiger partial charge in [-0.2, -0.15) is 0 Å². The molecule has 1 aromatic rings. The molecule has 1 heterocycles. The quantitative estimate of drug-likeness (QED) is 0.542. The largest absolute Gasteiger partial charge is 0.230 e. The summed E-state index contributed by atoms with van der Waals surface area (Å²) in [4.78, 5) is 0. The molecule has 0 aliphatic carbocycles. The number of allylic oxidation sites excluding steroid dienone is 1. The second kappa shape index (κ2) is 5.81. The van der Waals surface area contributed by atoms with E-state index in [2.05, 4.69) is 89.3 Å². The van der Waals surface area contributed by atoms with Gasteiger partial charge in [0.25, 0.3) is 0 Å². The van der Waals surface area contributed by atoms with Gasteiger partial charge < -0.3 is 0 Å². The Hall–Kier alpha value is -1.15. The van der Waals surface area contributed by atoms with Crippen molar-refractivity contribution in [3.63, 3.8) is 0 Å². The molecule has 1 aliphatic heterocycles. The number of nitrogens with zero attached hydrogens (tertiary/aromatic N) is 1. The highest BCUT2D eigenvalue weighted by Gasteiger charge is 2.43. The highest BCUT2D eigenvalue weighted by molar-refractivity contribution is 6.78. The molecule has 0 amide bonds. The van der Waals surface area contributed by atoms with E-state index in [1.165, 1.54) is 23.3 Å². The molecule has 2 rings (SSSR count). The Labute approximate surface area is 137 Å². The van der Waals surface area contributed by atoms with Crippen LogP contribution in [0.25, 0.3) is 0 Å². The van der Waals surface area contributed by atoms with Crippen LogP contribution in [0.1, 0.15) is 38.3 Å². The summed E-state index contributed by atoms with van der Waals surface area (Å²) in [5.74, 6) is 0. The fourth-order valence-corrected chi connectivity index (χ4v) is 6.37. The molecule has 0 fully saturated rings. The van der Waals surface area contributed by atoms with Crippen LogP contribution in [0.3, 0.4) is 0 Å². The standard InChI is InChI=1S/C20H32NSi/c1-15-11-9-10-12-17(15)18-13-16(14-20(2,3)4)19(21(18)5)22(6,7)8/h9-13,19H,14H2,1-8H3/q+1. The van der Waals surface area contributed by atoms with E-state index >= 15 is 0 Å². The monoisotopic (exact) mass is 314 g/mol. The topological polar surface area (TPSA) is 3.01 Å². The highest BCUT2D eigenvalue weighted by Crippen LogP contribution is 2.34. The predicted molar refractivity (Wildman–Crippen MR) is 101 cm³/mol. The summed E-state index contributed by atoms with van der Waals surface area (Å²) in [6.07, 6.45) is 3.66. The fourth-order valence-electron chi connectivity index (χ4n) is 3.77. The van der Waals surface area contributed by atoms with Crippen molar-refractivity contribution in [1.29, 1.82) is 0 Å². The third-order valence-corrected chi connectivity index (χ3v) is 6.82. The third-order valence-electron chi connectivity index (χ3n) is 4.42. The summed E-state index contributed by atoms with van der Waals surface area (Å²) in [5, 5.41) is 0.